The van der Waals surface area contributed by atoms with E-state index in [4.69, 9.17) is 4.74 Å². The van der Waals surface area contributed by atoms with Crippen LogP contribution in [0.4, 0.5) is 0 Å². The van der Waals surface area contributed by atoms with E-state index < -0.39 is 5.97 Å². The molecule has 0 aliphatic rings. The van der Waals surface area contributed by atoms with Crippen LogP contribution in [0, 0.1) is 0 Å². The van der Waals surface area contributed by atoms with Crippen LogP contribution >= 0.6 is 0 Å². The molecular formula is C10H14N2O3. The van der Waals surface area contributed by atoms with E-state index in [1.54, 1.807) is 14.0 Å². The van der Waals surface area contributed by atoms with Gasteiger partial charge in [-0.1, -0.05) is 6.92 Å². The van der Waals surface area contributed by atoms with Gasteiger partial charge in [-0.15, -0.1) is 0 Å². The van der Waals surface area contributed by atoms with Crippen molar-refractivity contribution in [3.05, 3.63) is 17.0 Å². The fraction of sp³-hybridized carbons (Fsp3) is 0.500. The maximum absolute atomic E-state index is 11.5. The second-order valence-corrected chi connectivity index (χ2v) is 3.02. The summed E-state index contributed by atoms with van der Waals surface area (Å²) in [7, 11) is 1.62. The zero-order chi connectivity index (χ0) is 11.4. The van der Waals surface area contributed by atoms with Crippen molar-refractivity contribution < 1.29 is 14.3 Å². The topological polar surface area (TPSA) is 61.2 Å². The van der Waals surface area contributed by atoms with Crippen molar-refractivity contribution in [1.29, 1.82) is 0 Å². The standard InChI is InChI=1S/C10H14N2O3/c1-4-8-7(6-13)9(12(3)11-8)10(14)15-5-2/h6H,4-5H2,1-3H3. The van der Waals surface area contributed by atoms with Gasteiger partial charge in [-0.25, -0.2) is 4.79 Å². The van der Waals surface area contributed by atoms with E-state index in [1.807, 2.05) is 6.92 Å². The Morgan fingerprint density at radius 3 is 2.67 bits per heavy atom. The third-order valence-corrected chi connectivity index (χ3v) is 2.08. The van der Waals surface area contributed by atoms with E-state index in [0.717, 1.165) is 0 Å². The average Bonchev–Trinajstić information content (AvgIpc) is 2.54. The summed E-state index contributed by atoms with van der Waals surface area (Å²) in [6.45, 7) is 3.88. The van der Waals surface area contributed by atoms with E-state index >= 15 is 0 Å². The number of aromatic nitrogens is 2. The van der Waals surface area contributed by atoms with Crippen molar-refractivity contribution in [2.75, 3.05) is 6.61 Å². The Balaban J connectivity index is 3.20. The molecule has 0 saturated heterocycles. The summed E-state index contributed by atoms with van der Waals surface area (Å²) in [6, 6.07) is 0. The Kier molecular flexibility index (Phi) is 3.60. The molecule has 0 unspecified atom stereocenters. The van der Waals surface area contributed by atoms with Gasteiger partial charge in [0.2, 0.25) is 0 Å². The number of carbonyl (C=O) groups is 2. The van der Waals surface area contributed by atoms with Crippen LogP contribution in [0.5, 0.6) is 0 Å². The Morgan fingerprint density at radius 1 is 1.53 bits per heavy atom. The van der Waals surface area contributed by atoms with Crippen LogP contribution in [-0.2, 0) is 18.2 Å². The molecule has 0 fully saturated rings. The van der Waals surface area contributed by atoms with Crippen LogP contribution in [-0.4, -0.2) is 28.6 Å². The smallest absolute Gasteiger partial charge is 0.357 e. The first kappa shape index (κ1) is 11.4. The lowest BCUT2D eigenvalue weighted by Gasteiger charge is -2.01. The fourth-order valence-electron chi connectivity index (χ4n) is 1.42. The molecule has 0 aliphatic carbocycles. The number of hydrogen-bond donors (Lipinski definition) is 0. The number of rotatable bonds is 4. The number of aryl methyl sites for hydroxylation is 2. The summed E-state index contributed by atoms with van der Waals surface area (Å²) >= 11 is 0. The van der Waals surface area contributed by atoms with Gasteiger partial charge in [0.05, 0.1) is 17.9 Å². The number of hydrogen-bond acceptors (Lipinski definition) is 4. The number of aldehydes is 1. The van der Waals surface area contributed by atoms with Gasteiger partial charge < -0.3 is 4.74 Å². The SMILES string of the molecule is CCOC(=O)c1c(C=O)c(CC)nn1C. The largest absolute Gasteiger partial charge is 0.461 e. The van der Waals surface area contributed by atoms with Gasteiger partial charge in [0.25, 0.3) is 0 Å². The lowest BCUT2D eigenvalue weighted by Crippen LogP contribution is -2.12. The van der Waals surface area contributed by atoms with Crippen molar-refractivity contribution in [3.8, 4) is 0 Å². The minimum Gasteiger partial charge on any atom is -0.461 e. The first-order valence-corrected chi connectivity index (χ1v) is 4.83. The predicted molar refractivity (Wildman–Crippen MR) is 53.9 cm³/mol. The lowest BCUT2D eigenvalue weighted by atomic mass is 10.1. The van der Waals surface area contributed by atoms with E-state index in [9.17, 15) is 9.59 Å². The first-order valence-electron chi connectivity index (χ1n) is 4.83. The van der Waals surface area contributed by atoms with Crippen molar-refractivity contribution in [3.63, 3.8) is 0 Å². The van der Waals surface area contributed by atoms with Crippen molar-refractivity contribution in [2.24, 2.45) is 7.05 Å². The maximum atomic E-state index is 11.5. The molecule has 1 rings (SSSR count). The van der Waals surface area contributed by atoms with Gasteiger partial charge in [0, 0.05) is 7.05 Å². The summed E-state index contributed by atoms with van der Waals surface area (Å²) in [5, 5.41) is 4.09. The number of nitrogens with zero attached hydrogens (tertiary/aromatic N) is 2. The highest BCUT2D eigenvalue weighted by molar-refractivity contribution is 5.97. The highest BCUT2D eigenvalue weighted by Crippen LogP contribution is 2.13. The Hall–Kier alpha value is -1.65. The van der Waals surface area contributed by atoms with Crippen LogP contribution in [0.2, 0.25) is 0 Å². The highest BCUT2D eigenvalue weighted by Gasteiger charge is 2.21. The van der Waals surface area contributed by atoms with Gasteiger partial charge in [-0.05, 0) is 13.3 Å². The number of esters is 1. The molecule has 0 aliphatic heterocycles. The molecule has 5 nitrogen and oxygen atoms in total. The maximum Gasteiger partial charge on any atom is 0.357 e. The number of ether oxygens (including phenoxy) is 1. The molecule has 0 amide bonds. The molecule has 15 heavy (non-hydrogen) atoms. The summed E-state index contributed by atoms with van der Waals surface area (Å²) in [5.41, 5.74) is 1.18. The van der Waals surface area contributed by atoms with Crippen molar-refractivity contribution >= 4 is 12.3 Å². The molecule has 0 N–H and O–H groups in total. The Labute approximate surface area is 88.0 Å². The summed E-state index contributed by atoms with van der Waals surface area (Å²) in [4.78, 5) is 22.4. The van der Waals surface area contributed by atoms with Gasteiger partial charge in [-0.3, -0.25) is 9.48 Å². The molecule has 82 valence electrons. The van der Waals surface area contributed by atoms with Gasteiger partial charge in [0.15, 0.2) is 12.0 Å². The van der Waals surface area contributed by atoms with Crippen LogP contribution in [0.25, 0.3) is 0 Å². The second-order valence-electron chi connectivity index (χ2n) is 3.02. The molecule has 0 saturated carbocycles. The van der Waals surface area contributed by atoms with Crippen LogP contribution in [0.15, 0.2) is 0 Å². The van der Waals surface area contributed by atoms with Gasteiger partial charge in [-0.2, -0.15) is 5.10 Å². The van der Waals surface area contributed by atoms with E-state index in [0.29, 0.717) is 24.0 Å². The molecule has 1 aromatic heterocycles. The van der Waals surface area contributed by atoms with Crippen LogP contribution in [0.3, 0.4) is 0 Å². The van der Waals surface area contributed by atoms with Crippen molar-refractivity contribution in [2.45, 2.75) is 20.3 Å². The first-order chi connectivity index (χ1) is 7.15. The Bertz CT molecular complexity index is 382. The third-order valence-electron chi connectivity index (χ3n) is 2.08. The summed E-state index contributed by atoms with van der Waals surface area (Å²) < 4.78 is 6.24. The molecule has 0 bridgehead atoms. The summed E-state index contributed by atoms with van der Waals surface area (Å²) in [6.07, 6.45) is 1.26. The molecule has 0 atom stereocenters. The Morgan fingerprint density at radius 2 is 2.20 bits per heavy atom. The molecular weight excluding hydrogens is 196 g/mol. The molecule has 1 aromatic rings. The zero-order valence-corrected chi connectivity index (χ0v) is 9.11. The average molecular weight is 210 g/mol. The molecule has 0 spiro atoms. The minimum atomic E-state index is -0.505. The summed E-state index contributed by atoms with van der Waals surface area (Å²) in [5.74, 6) is -0.505. The second kappa shape index (κ2) is 4.72. The third kappa shape index (κ3) is 2.06. The monoisotopic (exact) mass is 210 g/mol. The van der Waals surface area contributed by atoms with Crippen LogP contribution in [0.1, 0.15) is 40.4 Å². The zero-order valence-electron chi connectivity index (χ0n) is 9.11. The van der Waals surface area contributed by atoms with Gasteiger partial charge in [0.1, 0.15) is 0 Å². The minimum absolute atomic E-state index is 0.226. The lowest BCUT2D eigenvalue weighted by molar-refractivity contribution is 0.0511. The fourth-order valence-corrected chi connectivity index (χ4v) is 1.42. The van der Waals surface area contributed by atoms with Crippen molar-refractivity contribution in [1.82, 2.24) is 9.78 Å². The van der Waals surface area contributed by atoms with Crippen LogP contribution < -0.4 is 0 Å². The predicted octanol–water partition coefficient (Wildman–Crippen LogP) is 0.972. The quantitative estimate of drug-likeness (QED) is 0.548. The molecule has 1 heterocycles. The highest BCUT2D eigenvalue weighted by atomic mass is 16.5. The molecule has 0 aromatic carbocycles. The molecule has 5 heteroatoms. The number of carbonyl (C=O) groups excluding carboxylic acids is 2. The molecule has 0 radical (unpaired) electrons. The van der Waals surface area contributed by atoms with E-state index in [2.05, 4.69) is 5.10 Å². The van der Waals surface area contributed by atoms with E-state index in [-0.39, 0.29) is 12.3 Å². The normalized spacial score (nSPS) is 10.1. The van der Waals surface area contributed by atoms with E-state index in [1.165, 1.54) is 4.68 Å². The van der Waals surface area contributed by atoms with Gasteiger partial charge >= 0.3 is 5.97 Å².